The smallest absolute Gasteiger partial charge is 0.262 e. The Kier molecular flexibility index (Phi) is 5.20. The largest absolute Gasteiger partial charge is 0.496 e. The topological polar surface area (TPSA) is 50.8 Å². The van der Waals surface area contributed by atoms with Crippen molar-refractivity contribution in [2.24, 2.45) is 0 Å². The van der Waals surface area contributed by atoms with Gasteiger partial charge in [0.15, 0.2) is 0 Å². The molecular formula is C24H22N2O3. The number of nitrogens with zero attached hydrogens (tertiary/aromatic N) is 1. The van der Waals surface area contributed by atoms with E-state index in [1.54, 1.807) is 19.1 Å². The summed E-state index contributed by atoms with van der Waals surface area (Å²) in [6.07, 6.45) is 3.52. The van der Waals surface area contributed by atoms with E-state index in [4.69, 9.17) is 9.47 Å². The molecule has 0 spiro atoms. The fourth-order valence-corrected chi connectivity index (χ4v) is 3.50. The first-order valence-electron chi connectivity index (χ1n) is 9.36. The summed E-state index contributed by atoms with van der Waals surface area (Å²) >= 11 is 0. The Morgan fingerprint density at radius 3 is 2.31 bits per heavy atom. The van der Waals surface area contributed by atoms with Gasteiger partial charge in [-0.05, 0) is 36.4 Å². The highest BCUT2D eigenvalue weighted by Crippen LogP contribution is 2.35. The summed E-state index contributed by atoms with van der Waals surface area (Å²) in [7, 11) is 3.25. The van der Waals surface area contributed by atoms with E-state index in [1.165, 1.54) is 0 Å². The van der Waals surface area contributed by atoms with Crippen molar-refractivity contribution in [1.29, 1.82) is 0 Å². The van der Waals surface area contributed by atoms with Crippen molar-refractivity contribution >= 4 is 23.4 Å². The monoisotopic (exact) mass is 386 g/mol. The average Bonchev–Trinajstić information content (AvgIpc) is 2.78. The second-order valence-corrected chi connectivity index (χ2v) is 6.58. The Morgan fingerprint density at radius 1 is 0.862 bits per heavy atom. The normalized spacial score (nSPS) is 15.7. The van der Waals surface area contributed by atoms with Gasteiger partial charge < -0.3 is 14.8 Å². The predicted molar refractivity (Wildman–Crippen MR) is 116 cm³/mol. The van der Waals surface area contributed by atoms with Gasteiger partial charge in [0.1, 0.15) is 17.7 Å². The third-order valence-electron chi connectivity index (χ3n) is 4.90. The van der Waals surface area contributed by atoms with Crippen molar-refractivity contribution in [2.75, 3.05) is 24.4 Å². The number of hydrogen-bond donors (Lipinski definition) is 1. The molecule has 146 valence electrons. The van der Waals surface area contributed by atoms with Gasteiger partial charge in [0, 0.05) is 11.3 Å². The van der Waals surface area contributed by atoms with E-state index >= 15 is 0 Å². The van der Waals surface area contributed by atoms with Crippen molar-refractivity contribution in [2.45, 2.75) is 6.17 Å². The molecule has 0 aromatic heterocycles. The number of nitrogens with one attached hydrogen (secondary N) is 1. The summed E-state index contributed by atoms with van der Waals surface area (Å²) in [6, 6.07) is 22.8. The summed E-state index contributed by atoms with van der Waals surface area (Å²) in [5, 5.41) is 3.46. The third kappa shape index (κ3) is 3.55. The van der Waals surface area contributed by atoms with Gasteiger partial charge in [0.2, 0.25) is 0 Å². The first kappa shape index (κ1) is 18.6. The van der Waals surface area contributed by atoms with Crippen LogP contribution >= 0.6 is 0 Å². The summed E-state index contributed by atoms with van der Waals surface area (Å²) in [6.45, 7) is 0. The SMILES string of the molecule is COc1ccccc1/C=C/[C@@H]1Nc2ccccc2C(=O)N1c1ccccc1OC. The minimum Gasteiger partial charge on any atom is -0.496 e. The van der Waals surface area contributed by atoms with Crippen LogP contribution in [0.5, 0.6) is 11.5 Å². The molecule has 0 saturated carbocycles. The summed E-state index contributed by atoms with van der Waals surface area (Å²) in [5.74, 6) is 1.33. The number of carbonyl (C=O) groups is 1. The van der Waals surface area contributed by atoms with Crippen LogP contribution in [0, 0.1) is 0 Å². The summed E-state index contributed by atoms with van der Waals surface area (Å²) in [4.78, 5) is 15.1. The van der Waals surface area contributed by atoms with Gasteiger partial charge in [-0.25, -0.2) is 0 Å². The van der Waals surface area contributed by atoms with Crippen LogP contribution in [0.25, 0.3) is 6.08 Å². The van der Waals surface area contributed by atoms with E-state index in [2.05, 4.69) is 5.32 Å². The maximum atomic E-state index is 13.4. The number of fused-ring (bicyclic) bond motifs is 1. The van der Waals surface area contributed by atoms with E-state index in [1.807, 2.05) is 84.9 Å². The van der Waals surface area contributed by atoms with Crippen LogP contribution in [-0.2, 0) is 0 Å². The van der Waals surface area contributed by atoms with Crippen molar-refractivity contribution in [3.63, 3.8) is 0 Å². The second-order valence-electron chi connectivity index (χ2n) is 6.58. The van der Waals surface area contributed by atoms with Gasteiger partial charge in [0.05, 0.1) is 25.5 Å². The molecule has 1 amide bonds. The Labute approximate surface area is 170 Å². The molecule has 1 aliphatic rings. The van der Waals surface area contributed by atoms with Crippen LogP contribution in [0.3, 0.4) is 0 Å². The number of ether oxygens (including phenoxy) is 2. The van der Waals surface area contributed by atoms with E-state index in [0.717, 1.165) is 17.0 Å². The number of hydrogen-bond acceptors (Lipinski definition) is 4. The number of benzene rings is 3. The zero-order valence-corrected chi connectivity index (χ0v) is 16.3. The molecular weight excluding hydrogens is 364 g/mol. The minimum absolute atomic E-state index is 0.0847. The van der Waals surface area contributed by atoms with Gasteiger partial charge in [-0.2, -0.15) is 0 Å². The maximum Gasteiger partial charge on any atom is 0.262 e. The zero-order valence-electron chi connectivity index (χ0n) is 16.3. The van der Waals surface area contributed by atoms with Crippen molar-refractivity contribution < 1.29 is 14.3 Å². The quantitative estimate of drug-likeness (QED) is 0.683. The fraction of sp³-hybridized carbons (Fsp3) is 0.125. The first-order chi connectivity index (χ1) is 14.2. The first-order valence-corrected chi connectivity index (χ1v) is 9.36. The van der Waals surface area contributed by atoms with Gasteiger partial charge >= 0.3 is 0 Å². The standard InChI is InChI=1S/C24H22N2O3/c1-28-21-13-7-3-9-17(21)15-16-23-25-19-11-5-4-10-18(19)24(27)26(23)20-12-6-8-14-22(20)29-2/h3-16,23,25H,1-2H3/b16-15+/t23-/m1/s1. The Morgan fingerprint density at radius 2 is 1.52 bits per heavy atom. The van der Waals surface area contributed by atoms with Crippen LogP contribution in [0.2, 0.25) is 0 Å². The van der Waals surface area contributed by atoms with Gasteiger partial charge in [0.25, 0.3) is 5.91 Å². The van der Waals surface area contributed by atoms with Gasteiger partial charge in [-0.1, -0.05) is 48.5 Å². The van der Waals surface area contributed by atoms with Crippen molar-refractivity contribution in [3.05, 3.63) is 90.0 Å². The van der Waals surface area contributed by atoms with E-state index in [9.17, 15) is 4.79 Å². The van der Waals surface area contributed by atoms with Crippen LogP contribution < -0.4 is 19.7 Å². The lowest BCUT2D eigenvalue weighted by Gasteiger charge is -2.37. The minimum atomic E-state index is -0.390. The Balaban J connectivity index is 1.79. The molecule has 0 radical (unpaired) electrons. The van der Waals surface area contributed by atoms with Crippen molar-refractivity contribution in [3.8, 4) is 11.5 Å². The fourth-order valence-electron chi connectivity index (χ4n) is 3.50. The lowest BCUT2D eigenvalue weighted by Crippen LogP contribution is -2.48. The second kappa shape index (κ2) is 8.10. The molecule has 0 fully saturated rings. The Bertz CT molecular complexity index is 1060. The van der Waals surface area contributed by atoms with Crippen molar-refractivity contribution in [1.82, 2.24) is 0 Å². The number of amides is 1. The highest BCUT2D eigenvalue weighted by molar-refractivity contribution is 6.13. The predicted octanol–water partition coefficient (Wildman–Crippen LogP) is 4.82. The molecule has 3 aromatic carbocycles. The summed E-state index contributed by atoms with van der Waals surface area (Å²) < 4.78 is 11.0. The number of anilines is 2. The molecule has 0 unspecified atom stereocenters. The lowest BCUT2D eigenvalue weighted by atomic mass is 10.1. The number of carbonyl (C=O) groups excluding carboxylic acids is 1. The molecule has 0 saturated heterocycles. The number of rotatable bonds is 5. The van der Waals surface area contributed by atoms with Crippen LogP contribution in [0.1, 0.15) is 15.9 Å². The molecule has 1 N–H and O–H groups in total. The molecule has 5 heteroatoms. The molecule has 1 aliphatic heterocycles. The molecule has 1 heterocycles. The van der Waals surface area contributed by atoms with Gasteiger partial charge in [-0.3, -0.25) is 9.69 Å². The third-order valence-corrected chi connectivity index (χ3v) is 4.90. The number of methoxy groups -OCH3 is 2. The van der Waals surface area contributed by atoms with E-state index in [-0.39, 0.29) is 5.91 Å². The number of para-hydroxylation sites is 4. The van der Waals surface area contributed by atoms with Crippen LogP contribution in [-0.4, -0.2) is 26.3 Å². The molecule has 29 heavy (non-hydrogen) atoms. The van der Waals surface area contributed by atoms with Gasteiger partial charge in [-0.15, -0.1) is 0 Å². The molecule has 0 aliphatic carbocycles. The molecule has 1 atom stereocenters. The maximum absolute atomic E-state index is 13.4. The Hall–Kier alpha value is -3.73. The summed E-state index contributed by atoms with van der Waals surface area (Å²) in [5.41, 5.74) is 3.07. The average molecular weight is 386 g/mol. The molecule has 0 bridgehead atoms. The van der Waals surface area contributed by atoms with E-state index in [0.29, 0.717) is 17.0 Å². The molecule has 5 nitrogen and oxygen atoms in total. The molecule has 4 rings (SSSR count). The van der Waals surface area contributed by atoms with Crippen LogP contribution in [0.15, 0.2) is 78.9 Å². The van der Waals surface area contributed by atoms with E-state index < -0.39 is 6.17 Å². The highest BCUT2D eigenvalue weighted by Gasteiger charge is 2.33. The highest BCUT2D eigenvalue weighted by atomic mass is 16.5. The lowest BCUT2D eigenvalue weighted by molar-refractivity contribution is 0.0979. The van der Waals surface area contributed by atoms with Crippen LogP contribution in [0.4, 0.5) is 11.4 Å². The molecule has 3 aromatic rings. The zero-order chi connectivity index (χ0) is 20.2.